The first-order valence-electron chi connectivity index (χ1n) is 10.3. The largest absolute Gasteiger partial charge is 0.345 e. The summed E-state index contributed by atoms with van der Waals surface area (Å²) in [7, 11) is 2.11. The van der Waals surface area contributed by atoms with Crippen molar-refractivity contribution in [1.29, 1.82) is 0 Å². The number of carbonyl (C=O) groups is 1. The van der Waals surface area contributed by atoms with Gasteiger partial charge in [-0.05, 0) is 98.7 Å². The number of rotatable bonds is 4. The van der Waals surface area contributed by atoms with Crippen molar-refractivity contribution in [2.24, 2.45) is 40.9 Å². The van der Waals surface area contributed by atoms with Crippen LogP contribution in [0.15, 0.2) is 0 Å². The molecule has 0 aromatic rings. The van der Waals surface area contributed by atoms with Gasteiger partial charge in [-0.3, -0.25) is 4.79 Å². The molecule has 0 N–H and O–H groups in total. The van der Waals surface area contributed by atoms with Crippen LogP contribution in [0.3, 0.4) is 0 Å². The quantitative estimate of drug-likeness (QED) is 0.748. The lowest BCUT2D eigenvalue weighted by Crippen LogP contribution is -2.51. The highest BCUT2D eigenvalue weighted by Crippen LogP contribution is 2.60. The third kappa shape index (κ3) is 2.55. The molecule has 23 heavy (non-hydrogen) atoms. The SMILES string of the molecule is CN(CC12CC3CC(CC(C3)C1)C2)C(=O)C[C@H]1C[C@H]2CC[C@@H]1C2. The first-order chi connectivity index (χ1) is 11.1. The average molecular weight is 316 g/mol. The second-order valence-corrected chi connectivity index (χ2v) is 10.3. The molecule has 1 amide bonds. The lowest BCUT2D eigenvalue weighted by Gasteiger charge is -2.57. The Labute approximate surface area is 141 Å². The van der Waals surface area contributed by atoms with Crippen LogP contribution in [0.5, 0.6) is 0 Å². The summed E-state index contributed by atoms with van der Waals surface area (Å²) in [6.45, 7) is 1.07. The van der Waals surface area contributed by atoms with Crippen LogP contribution in [-0.4, -0.2) is 24.4 Å². The molecule has 3 atom stereocenters. The van der Waals surface area contributed by atoms with E-state index in [1.807, 2.05) is 0 Å². The van der Waals surface area contributed by atoms with Crippen molar-refractivity contribution in [2.45, 2.75) is 70.6 Å². The van der Waals surface area contributed by atoms with E-state index in [0.717, 1.165) is 48.5 Å². The molecule has 0 spiro atoms. The van der Waals surface area contributed by atoms with E-state index in [4.69, 9.17) is 0 Å². The molecule has 6 fully saturated rings. The zero-order chi connectivity index (χ0) is 15.6. The zero-order valence-electron chi connectivity index (χ0n) is 14.8. The summed E-state index contributed by atoms with van der Waals surface area (Å²) in [6.07, 6.45) is 15.2. The van der Waals surface area contributed by atoms with Gasteiger partial charge in [0.15, 0.2) is 0 Å². The van der Waals surface area contributed by atoms with Crippen molar-refractivity contribution in [3.8, 4) is 0 Å². The zero-order valence-corrected chi connectivity index (χ0v) is 14.8. The number of amides is 1. The smallest absolute Gasteiger partial charge is 0.222 e. The summed E-state index contributed by atoms with van der Waals surface area (Å²) < 4.78 is 0. The van der Waals surface area contributed by atoms with Gasteiger partial charge in [0.2, 0.25) is 5.91 Å². The molecule has 6 aliphatic carbocycles. The van der Waals surface area contributed by atoms with Crippen LogP contribution in [0, 0.1) is 40.9 Å². The molecule has 128 valence electrons. The Morgan fingerprint density at radius 3 is 2.09 bits per heavy atom. The van der Waals surface area contributed by atoms with Gasteiger partial charge in [-0.2, -0.15) is 0 Å². The molecule has 0 radical (unpaired) electrons. The monoisotopic (exact) mass is 315 g/mol. The lowest BCUT2D eigenvalue weighted by atomic mass is 9.49. The van der Waals surface area contributed by atoms with Crippen molar-refractivity contribution in [1.82, 2.24) is 4.90 Å². The summed E-state index contributed by atoms with van der Waals surface area (Å²) in [5.41, 5.74) is 0.508. The van der Waals surface area contributed by atoms with E-state index in [0.29, 0.717) is 11.3 Å². The average Bonchev–Trinajstić information content (AvgIpc) is 3.07. The van der Waals surface area contributed by atoms with Gasteiger partial charge in [0.05, 0.1) is 0 Å². The van der Waals surface area contributed by atoms with Crippen molar-refractivity contribution in [3.05, 3.63) is 0 Å². The van der Waals surface area contributed by atoms with E-state index in [-0.39, 0.29) is 0 Å². The molecule has 6 rings (SSSR count). The summed E-state index contributed by atoms with van der Waals surface area (Å²) >= 11 is 0. The van der Waals surface area contributed by atoms with Gasteiger partial charge < -0.3 is 4.90 Å². The number of carbonyl (C=O) groups excluding carboxylic acids is 1. The highest BCUT2D eigenvalue weighted by Gasteiger charge is 2.51. The molecule has 0 aromatic heterocycles. The Balaban J connectivity index is 1.21. The van der Waals surface area contributed by atoms with Crippen molar-refractivity contribution < 1.29 is 4.79 Å². The van der Waals surface area contributed by atoms with Crippen molar-refractivity contribution in [2.75, 3.05) is 13.6 Å². The second kappa shape index (κ2) is 5.23. The topological polar surface area (TPSA) is 20.3 Å². The maximum atomic E-state index is 12.8. The molecule has 6 aliphatic rings. The molecule has 0 heterocycles. The van der Waals surface area contributed by atoms with Crippen LogP contribution in [0.1, 0.15) is 70.6 Å². The summed E-state index contributed by atoms with van der Waals surface area (Å²) in [5, 5.41) is 0. The highest BCUT2D eigenvalue weighted by atomic mass is 16.2. The van der Waals surface area contributed by atoms with Gasteiger partial charge in [0, 0.05) is 20.0 Å². The Kier molecular flexibility index (Phi) is 3.36. The van der Waals surface area contributed by atoms with Gasteiger partial charge in [-0.25, -0.2) is 0 Å². The van der Waals surface area contributed by atoms with E-state index < -0.39 is 0 Å². The predicted octanol–water partition coefficient (Wildman–Crippen LogP) is 4.49. The maximum absolute atomic E-state index is 12.8. The number of hydrogen-bond acceptors (Lipinski definition) is 1. The first kappa shape index (κ1) is 14.8. The predicted molar refractivity (Wildman–Crippen MR) is 91.8 cm³/mol. The number of nitrogens with zero attached hydrogens (tertiary/aromatic N) is 1. The molecule has 0 aliphatic heterocycles. The normalized spacial score (nSPS) is 49.8. The first-order valence-corrected chi connectivity index (χ1v) is 10.3. The Morgan fingerprint density at radius 1 is 0.913 bits per heavy atom. The van der Waals surface area contributed by atoms with Crippen molar-refractivity contribution >= 4 is 5.91 Å². The summed E-state index contributed by atoms with van der Waals surface area (Å²) in [6, 6.07) is 0. The highest BCUT2D eigenvalue weighted by molar-refractivity contribution is 5.76. The minimum atomic E-state index is 0.457. The van der Waals surface area contributed by atoms with E-state index in [1.54, 1.807) is 0 Å². The van der Waals surface area contributed by atoms with Crippen molar-refractivity contribution in [3.63, 3.8) is 0 Å². The van der Waals surface area contributed by atoms with Gasteiger partial charge in [0.1, 0.15) is 0 Å². The van der Waals surface area contributed by atoms with Gasteiger partial charge in [-0.1, -0.05) is 6.42 Å². The van der Waals surface area contributed by atoms with Crippen LogP contribution in [0.2, 0.25) is 0 Å². The van der Waals surface area contributed by atoms with Crippen LogP contribution in [0.4, 0.5) is 0 Å². The van der Waals surface area contributed by atoms with E-state index in [9.17, 15) is 4.79 Å². The third-order valence-corrected chi connectivity index (χ3v) is 8.48. The van der Waals surface area contributed by atoms with E-state index >= 15 is 0 Å². The molecule has 0 aromatic carbocycles. The van der Waals surface area contributed by atoms with Crippen LogP contribution in [0.25, 0.3) is 0 Å². The fourth-order valence-corrected chi connectivity index (χ4v) is 8.08. The summed E-state index contributed by atoms with van der Waals surface area (Å²) in [5.74, 6) is 6.02. The number of fused-ring (bicyclic) bond motifs is 2. The van der Waals surface area contributed by atoms with E-state index in [2.05, 4.69) is 11.9 Å². The van der Waals surface area contributed by atoms with E-state index in [1.165, 1.54) is 64.2 Å². The third-order valence-electron chi connectivity index (χ3n) is 8.48. The molecule has 0 saturated heterocycles. The molecule has 0 unspecified atom stereocenters. The van der Waals surface area contributed by atoms with Gasteiger partial charge in [0.25, 0.3) is 0 Å². The molecule has 6 bridgehead atoms. The molecular formula is C21H33NO. The number of hydrogen-bond donors (Lipinski definition) is 0. The molecule has 2 nitrogen and oxygen atoms in total. The van der Waals surface area contributed by atoms with Gasteiger partial charge >= 0.3 is 0 Å². The minimum Gasteiger partial charge on any atom is -0.345 e. The summed E-state index contributed by atoms with van der Waals surface area (Å²) in [4.78, 5) is 15.0. The molecule has 2 heteroatoms. The Morgan fingerprint density at radius 2 is 1.57 bits per heavy atom. The molecular weight excluding hydrogens is 282 g/mol. The van der Waals surface area contributed by atoms with Gasteiger partial charge in [-0.15, -0.1) is 0 Å². The Bertz CT molecular complexity index is 463. The lowest BCUT2D eigenvalue weighted by molar-refractivity contribution is -0.136. The van der Waals surface area contributed by atoms with Crippen LogP contribution >= 0.6 is 0 Å². The Hall–Kier alpha value is -0.530. The van der Waals surface area contributed by atoms with Crippen LogP contribution < -0.4 is 0 Å². The maximum Gasteiger partial charge on any atom is 0.222 e. The molecule has 6 saturated carbocycles. The van der Waals surface area contributed by atoms with Crippen LogP contribution in [-0.2, 0) is 4.79 Å². The standard InChI is InChI=1S/C21H33NO/c1-22(20(23)9-19-8-14-2-3-18(19)7-14)13-21-10-15-4-16(11-21)6-17(5-15)12-21/h14-19H,2-13H2,1H3/t14-,15?,16?,17?,18+,19+,21?/m0/s1. The second-order valence-electron chi connectivity index (χ2n) is 10.3. The minimum absolute atomic E-state index is 0.457. The fraction of sp³-hybridized carbons (Fsp3) is 0.952. The fourth-order valence-electron chi connectivity index (χ4n) is 8.08.